The number of cyclic esters (lactones) is 1. The van der Waals surface area contributed by atoms with Gasteiger partial charge in [0.1, 0.15) is 5.82 Å². The second-order valence-corrected chi connectivity index (χ2v) is 7.40. The molecule has 0 spiro atoms. The normalized spacial score (nSPS) is 17.9. The van der Waals surface area contributed by atoms with Crippen molar-refractivity contribution in [2.75, 3.05) is 11.9 Å². The van der Waals surface area contributed by atoms with E-state index >= 15 is 0 Å². The maximum atomic E-state index is 14.4. The molecule has 1 aromatic heterocycles. The molecule has 1 unspecified atom stereocenters. The van der Waals surface area contributed by atoms with Crippen LogP contribution < -0.4 is 10.6 Å². The summed E-state index contributed by atoms with van der Waals surface area (Å²) in [6.45, 7) is -1.27. The van der Waals surface area contributed by atoms with Crippen LogP contribution in [0.25, 0.3) is 5.69 Å². The van der Waals surface area contributed by atoms with Gasteiger partial charge in [-0.05, 0) is 48.5 Å². The minimum atomic E-state index is -5.27. The summed E-state index contributed by atoms with van der Waals surface area (Å²) < 4.78 is 100. The summed E-state index contributed by atoms with van der Waals surface area (Å²) in [6, 6.07) is 7.62. The lowest BCUT2D eigenvalue weighted by molar-refractivity contribution is -0.261. The Morgan fingerprint density at radius 3 is 2.34 bits per heavy atom. The zero-order chi connectivity index (χ0) is 25.6. The molecule has 1 aliphatic heterocycles. The fourth-order valence-corrected chi connectivity index (χ4v) is 3.44. The van der Waals surface area contributed by atoms with Gasteiger partial charge in [-0.2, -0.15) is 31.4 Å². The third-order valence-corrected chi connectivity index (χ3v) is 5.15. The van der Waals surface area contributed by atoms with E-state index in [9.17, 15) is 40.3 Å². The van der Waals surface area contributed by atoms with Gasteiger partial charge in [0.25, 0.3) is 11.5 Å². The number of carbonyl (C=O) groups is 2. The predicted molar refractivity (Wildman–Crippen MR) is 105 cm³/mol. The van der Waals surface area contributed by atoms with E-state index in [0.29, 0.717) is 10.7 Å². The molecule has 2 heterocycles. The van der Waals surface area contributed by atoms with E-state index in [1.165, 1.54) is 0 Å². The molecule has 0 bridgehead atoms. The van der Waals surface area contributed by atoms with Crippen LogP contribution in [0.2, 0.25) is 0 Å². The third kappa shape index (κ3) is 4.50. The first kappa shape index (κ1) is 24.0. The van der Waals surface area contributed by atoms with E-state index < -0.39 is 53.6 Å². The number of benzene rings is 2. The zero-order valence-corrected chi connectivity index (χ0v) is 17.2. The number of hydrogen-bond donors (Lipinski definition) is 2. The van der Waals surface area contributed by atoms with E-state index in [2.05, 4.69) is 15.2 Å². The average Bonchev–Trinajstić information content (AvgIpc) is 3.27. The smallest absolute Gasteiger partial charge is 0.426 e. The topological polar surface area (TPSA) is 85.3 Å². The van der Waals surface area contributed by atoms with E-state index in [-0.39, 0.29) is 16.9 Å². The number of nitrogens with zero attached hydrogens (tertiary/aromatic N) is 2. The van der Waals surface area contributed by atoms with Gasteiger partial charge >= 0.3 is 18.4 Å². The summed E-state index contributed by atoms with van der Waals surface area (Å²) in [5.74, 6) is -1.68. The highest BCUT2D eigenvalue weighted by Crippen LogP contribution is 2.47. The SMILES string of the molecule is O=C1Nc2ccc(-n3ccc(C(F)(F)F)n3)cc2C(CNC(=O)c2ccc(F)cc2)(C(F)(F)F)O1. The standard InChI is InChI=1S/C21H13F7N4O3/c22-12-3-1-11(2-4-12)17(33)29-10-19(21(26,27)28)14-9-13(5-6-15(14)30-18(34)35-19)32-8-7-16(31-32)20(23,24)25/h1-9H,10H2,(H,29,33)(H,30,34). The molecular weight excluding hydrogens is 489 g/mol. The van der Waals surface area contributed by atoms with Gasteiger partial charge in [-0.3, -0.25) is 10.1 Å². The molecular formula is C21H13F7N4O3. The highest BCUT2D eigenvalue weighted by molar-refractivity contribution is 5.94. The Morgan fingerprint density at radius 2 is 1.74 bits per heavy atom. The van der Waals surface area contributed by atoms with Crippen molar-refractivity contribution in [3.05, 3.63) is 77.4 Å². The summed E-state index contributed by atoms with van der Waals surface area (Å²) in [5, 5.41) is 7.45. The third-order valence-electron chi connectivity index (χ3n) is 5.15. The molecule has 2 amide bonds. The Balaban J connectivity index is 1.75. The molecule has 0 saturated carbocycles. The summed E-state index contributed by atoms with van der Waals surface area (Å²) in [6.07, 6.45) is -10.6. The van der Waals surface area contributed by atoms with Crippen LogP contribution in [0.15, 0.2) is 54.7 Å². The number of nitrogens with one attached hydrogen (secondary N) is 2. The number of anilines is 1. The van der Waals surface area contributed by atoms with Crippen LogP contribution >= 0.6 is 0 Å². The minimum absolute atomic E-state index is 0.158. The molecule has 1 atom stereocenters. The Kier molecular flexibility index (Phi) is 5.69. The predicted octanol–water partition coefficient (Wildman–Crippen LogP) is 4.78. The molecule has 2 aromatic carbocycles. The number of carbonyl (C=O) groups excluding carboxylic acids is 2. The molecule has 7 nitrogen and oxygen atoms in total. The molecule has 184 valence electrons. The number of fused-ring (bicyclic) bond motifs is 1. The van der Waals surface area contributed by atoms with Crippen molar-refractivity contribution >= 4 is 17.7 Å². The molecule has 0 fully saturated rings. The minimum Gasteiger partial charge on any atom is -0.426 e. The number of alkyl halides is 6. The average molecular weight is 502 g/mol. The van der Waals surface area contributed by atoms with Crippen molar-refractivity contribution in [1.29, 1.82) is 0 Å². The van der Waals surface area contributed by atoms with Gasteiger partial charge in [0, 0.05) is 17.3 Å². The lowest BCUT2D eigenvalue weighted by Gasteiger charge is -2.39. The highest BCUT2D eigenvalue weighted by Gasteiger charge is 2.62. The number of amides is 2. The van der Waals surface area contributed by atoms with Crippen molar-refractivity contribution in [2.45, 2.75) is 18.0 Å². The number of hydrogen-bond acceptors (Lipinski definition) is 4. The van der Waals surface area contributed by atoms with Gasteiger partial charge in [-0.1, -0.05) is 0 Å². The lowest BCUT2D eigenvalue weighted by Crippen LogP contribution is -2.56. The molecule has 3 aromatic rings. The number of aromatic nitrogens is 2. The van der Waals surface area contributed by atoms with Crippen molar-refractivity contribution < 1.29 is 45.1 Å². The van der Waals surface area contributed by atoms with Crippen LogP contribution in [0.3, 0.4) is 0 Å². The van der Waals surface area contributed by atoms with E-state index in [1.54, 1.807) is 0 Å². The van der Waals surface area contributed by atoms with Gasteiger partial charge in [0.05, 0.1) is 17.9 Å². The molecule has 1 aliphatic rings. The van der Waals surface area contributed by atoms with Crippen LogP contribution in [0.1, 0.15) is 21.6 Å². The summed E-state index contributed by atoms with van der Waals surface area (Å²) in [7, 11) is 0. The molecule has 14 heteroatoms. The van der Waals surface area contributed by atoms with E-state index in [1.807, 2.05) is 5.32 Å². The summed E-state index contributed by atoms with van der Waals surface area (Å²) >= 11 is 0. The van der Waals surface area contributed by atoms with E-state index in [0.717, 1.165) is 48.7 Å². The van der Waals surface area contributed by atoms with Crippen LogP contribution in [0.5, 0.6) is 0 Å². The van der Waals surface area contributed by atoms with Gasteiger partial charge < -0.3 is 10.1 Å². The molecule has 2 N–H and O–H groups in total. The molecule has 4 rings (SSSR count). The fourth-order valence-electron chi connectivity index (χ4n) is 3.44. The first-order chi connectivity index (χ1) is 16.3. The zero-order valence-electron chi connectivity index (χ0n) is 17.2. The van der Waals surface area contributed by atoms with E-state index in [4.69, 9.17) is 0 Å². The number of halogens is 7. The van der Waals surface area contributed by atoms with Gasteiger partial charge in [0.15, 0.2) is 5.69 Å². The van der Waals surface area contributed by atoms with Crippen molar-refractivity contribution in [1.82, 2.24) is 15.1 Å². The van der Waals surface area contributed by atoms with Gasteiger partial charge in [0.2, 0.25) is 0 Å². The largest absolute Gasteiger partial charge is 0.435 e. The first-order valence-electron chi connectivity index (χ1n) is 9.68. The monoisotopic (exact) mass is 502 g/mol. The van der Waals surface area contributed by atoms with Gasteiger partial charge in [-0.15, -0.1) is 0 Å². The summed E-state index contributed by atoms with van der Waals surface area (Å²) in [5.41, 5.74) is -6.02. The van der Waals surface area contributed by atoms with Crippen molar-refractivity contribution in [3.8, 4) is 5.69 Å². The lowest BCUT2D eigenvalue weighted by atomic mass is 9.89. The Labute approximate surface area is 191 Å². The summed E-state index contributed by atoms with van der Waals surface area (Å²) in [4.78, 5) is 24.3. The maximum Gasteiger partial charge on any atom is 0.435 e. The second kappa shape index (κ2) is 8.29. The first-order valence-corrected chi connectivity index (χ1v) is 9.68. The van der Waals surface area contributed by atoms with Crippen LogP contribution in [0.4, 0.5) is 41.2 Å². The van der Waals surface area contributed by atoms with Crippen LogP contribution in [-0.4, -0.2) is 34.5 Å². The Hall–Kier alpha value is -4.10. The maximum absolute atomic E-state index is 14.4. The van der Waals surface area contributed by atoms with Crippen molar-refractivity contribution in [2.24, 2.45) is 0 Å². The number of ether oxygens (including phenoxy) is 1. The Bertz CT molecular complexity index is 1290. The van der Waals surface area contributed by atoms with Crippen LogP contribution in [0, 0.1) is 5.82 Å². The quantitative estimate of drug-likeness (QED) is 0.503. The van der Waals surface area contributed by atoms with Gasteiger partial charge in [-0.25, -0.2) is 13.9 Å². The highest BCUT2D eigenvalue weighted by atomic mass is 19.4. The molecule has 0 radical (unpaired) electrons. The number of rotatable bonds is 4. The Morgan fingerprint density at radius 1 is 1.06 bits per heavy atom. The second-order valence-electron chi connectivity index (χ2n) is 7.40. The fraction of sp³-hybridized carbons (Fsp3) is 0.190. The molecule has 0 aliphatic carbocycles. The molecule has 35 heavy (non-hydrogen) atoms. The van der Waals surface area contributed by atoms with Crippen LogP contribution in [-0.2, 0) is 16.5 Å². The van der Waals surface area contributed by atoms with Crippen molar-refractivity contribution in [3.63, 3.8) is 0 Å². The molecule has 0 saturated heterocycles.